The minimum atomic E-state index is -1.36. The zero-order chi connectivity index (χ0) is 14.5. The van der Waals surface area contributed by atoms with Crippen molar-refractivity contribution in [3.05, 3.63) is 35.1 Å². The van der Waals surface area contributed by atoms with Crippen LogP contribution in [0.5, 0.6) is 0 Å². The highest BCUT2D eigenvalue weighted by Crippen LogP contribution is 2.44. The summed E-state index contributed by atoms with van der Waals surface area (Å²) in [6, 6.07) is 2.31. The molecule has 1 aromatic carbocycles. The number of hydrogen-bond acceptors (Lipinski definition) is 0. The molecule has 0 aromatic heterocycles. The van der Waals surface area contributed by atoms with Gasteiger partial charge in [-0.15, -0.1) is 0 Å². The lowest BCUT2D eigenvalue weighted by atomic mass is 9.69. The molecule has 0 spiro atoms. The summed E-state index contributed by atoms with van der Waals surface area (Å²) in [7, 11) is 0. The third-order valence-corrected chi connectivity index (χ3v) is 4.43. The van der Waals surface area contributed by atoms with Crippen molar-refractivity contribution < 1.29 is 13.2 Å². The predicted octanol–water partition coefficient (Wildman–Crippen LogP) is 5.96. The Morgan fingerprint density at radius 2 is 1.55 bits per heavy atom. The molecule has 1 aliphatic carbocycles. The topological polar surface area (TPSA) is 0 Å². The van der Waals surface area contributed by atoms with Crippen molar-refractivity contribution in [2.45, 2.75) is 64.2 Å². The average Bonchev–Trinajstić information content (AvgIpc) is 2.37. The fraction of sp³-hybridized carbons (Fsp3) is 0.647. The van der Waals surface area contributed by atoms with Crippen LogP contribution in [0.15, 0.2) is 12.1 Å². The van der Waals surface area contributed by atoms with Crippen LogP contribution in [0.4, 0.5) is 13.2 Å². The van der Waals surface area contributed by atoms with Crippen molar-refractivity contribution in [2.24, 2.45) is 5.92 Å². The Kier molecular flexibility index (Phi) is 5.50. The summed E-state index contributed by atoms with van der Waals surface area (Å²) in [4.78, 5) is 0. The van der Waals surface area contributed by atoms with Crippen molar-refractivity contribution in [1.29, 1.82) is 0 Å². The Hall–Kier alpha value is -0.990. The number of benzene rings is 1. The molecule has 0 heterocycles. The second kappa shape index (κ2) is 7.14. The van der Waals surface area contributed by atoms with Gasteiger partial charge in [0.25, 0.3) is 0 Å². The monoisotopic (exact) mass is 284 g/mol. The minimum Gasteiger partial charge on any atom is -0.204 e. The van der Waals surface area contributed by atoms with E-state index in [4.69, 9.17) is 0 Å². The van der Waals surface area contributed by atoms with Crippen LogP contribution < -0.4 is 0 Å². The van der Waals surface area contributed by atoms with Crippen LogP contribution in [0.25, 0.3) is 0 Å². The van der Waals surface area contributed by atoms with Gasteiger partial charge in [-0.2, -0.15) is 0 Å². The Bertz CT molecular complexity index is 413. The van der Waals surface area contributed by atoms with Crippen molar-refractivity contribution in [3.63, 3.8) is 0 Å². The molecule has 112 valence electrons. The van der Waals surface area contributed by atoms with Gasteiger partial charge in [0, 0.05) is 0 Å². The summed E-state index contributed by atoms with van der Waals surface area (Å²) in [6.07, 6.45) is 9.59. The molecule has 0 saturated heterocycles. The summed E-state index contributed by atoms with van der Waals surface area (Å²) in [6.45, 7) is 2.21. The second-order valence-electron chi connectivity index (χ2n) is 6.04. The first-order valence-corrected chi connectivity index (χ1v) is 7.76. The maximum Gasteiger partial charge on any atom is 0.194 e. The summed E-state index contributed by atoms with van der Waals surface area (Å²) in [5, 5.41) is 0. The van der Waals surface area contributed by atoms with Crippen molar-refractivity contribution in [1.82, 2.24) is 0 Å². The van der Waals surface area contributed by atoms with Crippen LogP contribution in [0.1, 0.15) is 69.8 Å². The Morgan fingerprint density at radius 3 is 2.15 bits per heavy atom. The lowest BCUT2D eigenvalue weighted by molar-refractivity contribution is 0.239. The normalized spacial score (nSPS) is 21.8. The third-order valence-electron chi connectivity index (χ3n) is 4.43. The molecule has 0 atom stereocenters. The molecule has 0 aliphatic heterocycles. The zero-order valence-electron chi connectivity index (χ0n) is 12.1. The molecule has 0 N–H and O–H groups in total. The highest BCUT2D eigenvalue weighted by Gasteiger charge is 2.30. The van der Waals surface area contributed by atoms with E-state index < -0.39 is 17.5 Å². The number of halogens is 3. The molecule has 0 radical (unpaired) electrons. The van der Waals surface area contributed by atoms with Crippen molar-refractivity contribution in [2.75, 3.05) is 0 Å². The Morgan fingerprint density at radius 1 is 0.950 bits per heavy atom. The smallest absolute Gasteiger partial charge is 0.194 e. The Balaban J connectivity index is 1.73. The SMILES string of the molecule is CCCCCCCC1CC(c2cc(F)c(F)c(F)c2)C1. The third kappa shape index (κ3) is 3.77. The maximum atomic E-state index is 13.2. The maximum absolute atomic E-state index is 13.2. The molecular formula is C17H23F3. The first-order chi connectivity index (χ1) is 9.61. The molecule has 1 aliphatic rings. The van der Waals surface area contributed by atoms with Gasteiger partial charge in [-0.1, -0.05) is 45.4 Å². The van der Waals surface area contributed by atoms with Crippen LogP contribution in [0.2, 0.25) is 0 Å². The van der Waals surface area contributed by atoms with E-state index in [1.165, 1.54) is 38.5 Å². The van der Waals surface area contributed by atoms with Gasteiger partial charge in [0.2, 0.25) is 0 Å². The van der Waals surface area contributed by atoms with Gasteiger partial charge in [0.05, 0.1) is 0 Å². The van der Waals surface area contributed by atoms with Crippen LogP contribution in [0, 0.1) is 23.4 Å². The fourth-order valence-corrected chi connectivity index (χ4v) is 3.09. The number of rotatable bonds is 7. The predicted molar refractivity (Wildman–Crippen MR) is 75.2 cm³/mol. The highest BCUT2D eigenvalue weighted by molar-refractivity contribution is 5.25. The van der Waals surface area contributed by atoms with Crippen LogP contribution in [0.3, 0.4) is 0 Å². The molecule has 1 fully saturated rings. The molecule has 0 bridgehead atoms. The van der Waals surface area contributed by atoms with E-state index in [0.717, 1.165) is 25.0 Å². The van der Waals surface area contributed by atoms with Gasteiger partial charge in [-0.05, 0) is 42.4 Å². The van der Waals surface area contributed by atoms with E-state index in [1.807, 2.05) is 0 Å². The number of unbranched alkanes of at least 4 members (excludes halogenated alkanes) is 4. The summed E-state index contributed by atoms with van der Waals surface area (Å²) >= 11 is 0. The van der Waals surface area contributed by atoms with E-state index in [2.05, 4.69) is 6.92 Å². The molecule has 0 nitrogen and oxygen atoms in total. The summed E-state index contributed by atoms with van der Waals surface area (Å²) in [5.74, 6) is -2.61. The second-order valence-corrected chi connectivity index (χ2v) is 6.04. The molecule has 1 aromatic rings. The minimum absolute atomic E-state index is 0.209. The van der Waals surface area contributed by atoms with Gasteiger partial charge in [-0.3, -0.25) is 0 Å². The quantitative estimate of drug-likeness (QED) is 0.428. The summed E-state index contributed by atoms with van der Waals surface area (Å²) in [5.41, 5.74) is 0.614. The van der Waals surface area contributed by atoms with Gasteiger partial charge in [0.1, 0.15) is 0 Å². The molecule has 2 rings (SSSR count). The van der Waals surface area contributed by atoms with Crippen molar-refractivity contribution >= 4 is 0 Å². The zero-order valence-corrected chi connectivity index (χ0v) is 12.1. The van der Waals surface area contributed by atoms with E-state index in [-0.39, 0.29) is 5.92 Å². The van der Waals surface area contributed by atoms with Crippen LogP contribution in [-0.2, 0) is 0 Å². The molecule has 1 saturated carbocycles. The van der Waals surface area contributed by atoms with E-state index in [0.29, 0.717) is 11.5 Å². The first kappa shape index (κ1) is 15.4. The molecular weight excluding hydrogens is 261 g/mol. The standard InChI is InChI=1S/C17H23F3/c1-2-3-4-5-6-7-12-8-13(9-12)14-10-15(18)17(20)16(19)11-14/h10-13H,2-9H2,1H3. The van der Waals surface area contributed by atoms with Crippen LogP contribution >= 0.6 is 0 Å². The molecule has 0 unspecified atom stereocenters. The lowest BCUT2D eigenvalue weighted by Gasteiger charge is -2.36. The first-order valence-electron chi connectivity index (χ1n) is 7.76. The average molecular weight is 284 g/mol. The van der Waals surface area contributed by atoms with E-state index in [9.17, 15) is 13.2 Å². The molecule has 0 amide bonds. The highest BCUT2D eigenvalue weighted by atomic mass is 19.2. The van der Waals surface area contributed by atoms with Gasteiger partial charge in [-0.25, -0.2) is 13.2 Å². The van der Waals surface area contributed by atoms with Gasteiger partial charge < -0.3 is 0 Å². The fourth-order valence-electron chi connectivity index (χ4n) is 3.09. The Labute approximate surface area is 119 Å². The van der Waals surface area contributed by atoms with Gasteiger partial charge >= 0.3 is 0 Å². The van der Waals surface area contributed by atoms with Crippen molar-refractivity contribution in [3.8, 4) is 0 Å². The van der Waals surface area contributed by atoms with Crippen LogP contribution in [-0.4, -0.2) is 0 Å². The largest absolute Gasteiger partial charge is 0.204 e. The van der Waals surface area contributed by atoms with Gasteiger partial charge in [0.15, 0.2) is 17.5 Å². The van der Waals surface area contributed by atoms with E-state index >= 15 is 0 Å². The molecule has 3 heteroatoms. The van der Waals surface area contributed by atoms with E-state index in [1.54, 1.807) is 0 Å². The summed E-state index contributed by atoms with van der Waals surface area (Å²) < 4.78 is 39.2. The molecule has 20 heavy (non-hydrogen) atoms. The number of hydrogen-bond donors (Lipinski definition) is 0. The lowest BCUT2D eigenvalue weighted by Crippen LogP contribution is -2.22.